The lowest BCUT2D eigenvalue weighted by Gasteiger charge is -2.19. The maximum atomic E-state index is 12.7. The van der Waals surface area contributed by atoms with E-state index in [4.69, 9.17) is 5.11 Å². The van der Waals surface area contributed by atoms with Gasteiger partial charge in [0.2, 0.25) is 6.41 Å². The van der Waals surface area contributed by atoms with E-state index in [0.717, 1.165) is 0 Å². The van der Waals surface area contributed by atoms with Crippen LogP contribution in [0, 0.1) is 0 Å². The Hall–Kier alpha value is -1.20. The molecule has 4 nitrogen and oxygen atoms in total. The van der Waals surface area contributed by atoms with Crippen LogP contribution in [0.15, 0.2) is 0 Å². The molecule has 0 aliphatic carbocycles. The molecule has 1 amide bonds. The summed E-state index contributed by atoms with van der Waals surface area (Å²) in [6.45, 7) is -0.201. The van der Waals surface area contributed by atoms with Crippen molar-refractivity contribution in [2.24, 2.45) is 0 Å². The van der Waals surface area contributed by atoms with Gasteiger partial charge in [-0.05, 0) is 0 Å². The number of likely N-dealkylation sites (tertiary alicyclic amines) is 1. The van der Waals surface area contributed by atoms with Crippen LogP contribution < -0.4 is 0 Å². The topological polar surface area (TPSA) is 57.6 Å². The zero-order valence-electron chi connectivity index (χ0n) is 6.04. The van der Waals surface area contributed by atoms with Crippen molar-refractivity contribution in [2.45, 2.75) is 18.4 Å². The summed E-state index contributed by atoms with van der Waals surface area (Å²) in [5.74, 6) is -4.96. The molecule has 0 radical (unpaired) electrons. The van der Waals surface area contributed by atoms with Gasteiger partial charge in [0.05, 0.1) is 0 Å². The predicted molar refractivity (Wildman–Crippen MR) is 33.8 cm³/mol. The van der Waals surface area contributed by atoms with E-state index < -0.39 is 24.4 Å². The highest BCUT2D eigenvalue weighted by molar-refractivity contribution is 5.78. The first-order valence-corrected chi connectivity index (χ1v) is 3.30. The van der Waals surface area contributed by atoms with E-state index in [1.165, 1.54) is 0 Å². The molecule has 0 bridgehead atoms. The van der Waals surface area contributed by atoms with E-state index in [1.807, 2.05) is 0 Å². The number of carbonyl (C=O) groups excluding carboxylic acids is 1. The first kappa shape index (κ1) is 8.89. The Labute approximate surface area is 66.8 Å². The Morgan fingerprint density at radius 1 is 1.67 bits per heavy atom. The highest BCUT2D eigenvalue weighted by atomic mass is 19.3. The molecule has 1 N–H and O–H groups in total. The largest absolute Gasteiger partial charge is 0.480 e. The van der Waals surface area contributed by atoms with Crippen LogP contribution in [0.5, 0.6) is 0 Å². The average Bonchev–Trinajstić information content (AvgIpc) is 2.24. The number of rotatable bonds is 2. The third-order valence-electron chi connectivity index (χ3n) is 1.80. The maximum absolute atomic E-state index is 12.7. The van der Waals surface area contributed by atoms with Crippen molar-refractivity contribution in [3.05, 3.63) is 0 Å². The van der Waals surface area contributed by atoms with E-state index in [1.54, 1.807) is 0 Å². The Kier molecular flexibility index (Phi) is 1.99. The smallest absolute Gasteiger partial charge is 0.332 e. The molecule has 1 heterocycles. The van der Waals surface area contributed by atoms with Gasteiger partial charge < -0.3 is 10.0 Å². The Morgan fingerprint density at radius 2 is 2.25 bits per heavy atom. The fourth-order valence-corrected chi connectivity index (χ4v) is 1.22. The summed E-state index contributed by atoms with van der Waals surface area (Å²) in [4.78, 5) is 21.0. The highest BCUT2D eigenvalue weighted by Gasteiger charge is 2.53. The second kappa shape index (κ2) is 2.69. The standard InChI is InChI=1S/C6H7F2NO3/c7-6(8)1-2-9(3-10)4(6)5(11)12/h3-4H,1-2H2,(H,11,12). The van der Waals surface area contributed by atoms with E-state index in [9.17, 15) is 18.4 Å². The van der Waals surface area contributed by atoms with Crippen molar-refractivity contribution in [1.82, 2.24) is 4.90 Å². The zero-order valence-corrected chi connectivity index (χ0v) is 6.04. The van der Waals surface area contributed by atoms with Gasteiger partial charge in [-0.15, -0.1) is 0 Å². The van der Waals surface area contributed by atoms with Crippen molar-refractivity contribution in [3.63, 3.8) is 0 Å². The van der Waals surface area contributed by atoms with E-state index in [-0.39, 0.29) is 13.0 Å². The number of halogens is 2. The summed E-state index contributed by atoms with van der Waals surface area (Å²) >= 11 is 0. The monoisotopic (exact) mass is 179 g/mol. The van der Waals surface area contributed by atoms with Crippen molar-refractivity contribution in [3.8, 4) is 0 Å². The van der Waals surface area contributed by atoms with Crippen molar-refractivity contribution < 1.29 is 23.5 Å². The molecule has 1 atom stereocenters. The van der Waals surface area contributed by atoms with Gasteiger partial charge in [-0.25, -0.2) is 13.6 Å². The Bertz CT molecular complexity index is 219. The predicted octanol–water partition coefficient (Wildman–Crippen LogP) is -0.0630. The molecule has 1 rings (SSSR count). The van der Waals surface area contributed by atoms with Crippen LogP contribution in [0.1, 0.15) is 6.42 Å². The number of hydrogen-bond acceptors (Lipinski definition) is 2. The van der Waals surface area contributed by atoms with Crippen LogP contribution in [-0.4, -0.2) is 40.9 Å². The number of amides is 1. The zero-order chi connectivity index (χ0) is 9.35. The van der Waals surface area contributed by atoms with E-state index in [0.29, 0.717) is 4.90 Å². The summed E-state index contributed by atoms with van der Waals surface area (Å²) in [6, 6.07) is -1.99. The van der Waals surface area contributed by atoms with Crippen LogP contribution in [-0.2, 0) is 9.59 Å². The van der Waals surface area contributed by atoms with Gasteiger partial charge in [0, 0.05) is 13.0 Å². The lowest BCUT2D eigenvalue weighted by molar-refractivity contribution is -0.155. The number of alkyl halides is 2. The molecule has 6 heteroatoms. The van der Waals surface area contributed by atoms with Crippen LogP contribution in [0.4, 0.5) is 8.78 Å². The summed E-state index contributed by atoms with van der Waals surface area (Å²) in [6.07, 6.45) is -0.442. The molecule has 1 unspecified atom stereocenters. The minimum Gasteiger partial charge on any atom is -0.480 e. The average molecular weight is 179 g/mol. The maximum Gasteiger partial charge on any atom is 0.332 e. The fourth-order valence-electron chi connectivity index (χ4n) is 1.22. The molecule has 1 fully saturated rings. The molecule has 12 heavy (non-hydrogen) atoms. The van der Waals surface area contributed by atoms with Crippen molar-refractivity contribution in [1.29, 1.82) is 0 Å². The molecule has 1 saturated heterocycles. The molecular formula is C6H7F2NO3. The molecule has 0 aromatic rings. The van der Waals surface area contributed by atoms with Crippen molar-refractivity contribution >= 4 is 12.4 Å². The van der Waals surface area contributed by atoms with Gasteiger partial charge in [0.25, 0.3) is 5.92 Å². The first-order chi connectivity index (χ1) is 5.49. The van der Waals surface area contributed by atoms with Gasteiger partial charge in [-0.2, -0.15) is 0 Å². The number of carboxylic acid groups (broad SMARTS) is 1. The van der Waals surface area contributed by atoms with Gasteiger partial charge >= 0.3 is 5.97 Å². The molecule has 1 aliphatic rings. The molecule has 68 valence electrons. The SMILES string of the molecule is O=CN1CCC(F)(F)C1C(=O)O. The van der Waals surface area contributed by atoms with Gasteiger partial charge in [0.15, 0.2) is 6.04 Å². The molecule has 0 aromatic carbocycles. The highest BCUT2D eigenvalue weighted by Crippen LogP contribution is 2.32. The lowest BCUT2D eigenvalue weighted by atomic mass is 10.1. The molecule has 1 aliphatic heterocycles. The van der Waals surface area contributed by atoms with Gasteiger partial charge in [0.1, 0.15) is 0 Å². The third-order valence-corrected chi connectivity index (χ3v) is 1.80. The van der Waals surface area contributed by atoms with Crippen LogP contribution >= 0.6 is 0 Å². The van der Waals surface area contributed by atoms with Gasteiger partial charge in [-0.3, -0.25) is 4.79 Å². The minimum atomic E-state index is -3.30. The minimum absolute atomic E-state index is 0.139. The molecule has 0 spiro atoms. The summed E-state index contributed by atoms with van der Waals surface area (Å²) in [5, 5.41) is 8.37. The number of hydrogen-bond donors (Lipinski definition) is 1. The normalized spacial score (nSPS) is 27.2. The number of aliphatic carboxylic acids is 1. The summed E-state index contributed by atoms with van der Waals surface area (Å²) in [7, 11) is 0. The third kappa shape index (κ3) is 1.24. The van der Waals surface area contributed by atoms with E-state index in [2.05, 4.69) is 0 Å². The number of carbonyl (C=O) groups is 2. The quantitative estimate of drug-likeness (QED) is 0.604. The van der Waals surface area contributed by atoms with Crippen LogP contribution in [0.3, 0.4) is 0 Å². The molecular weight excluding hydrogens is 172 g/mol. The number of carboxylic acids is 1. The molecule has 0 aromatic heterocycles. The fraction of sp³-hybridized carbons (Fsp3) is 0.667. The Balaban J connectivity index is 2.87. The second-order valence-electron chi connectivity index (χ2n) is 2.60. The van der Waals surface area contributed by atoms with E-state index >= 15 is 0 Å². The van der Waals surface area contributed by atoms with Gasteiger partial charge in [-0.1, -0.05) is 0 Å². The summed E-state index contributed by atoms with van der Waals surface area (Å²) < 4.78 is 25.4. The van der Waals surface area contributed by atoms with Crippen LogP contribution in [0.25, 0.3) is 0 Å². The molecule has 0 saturated carbocycles. The first-order valence-electron chi connectivity index (χ1n) is 3.30. The Morgan fingerprint density at radius 3 is 2.58 bits per heavy atom. The van der Waals surface area contributed by atoms with Crippen LogP contribution in [0.2, 0.25) is 0 Å². The lowest BCUT2D eigenvalue weighted by Crippen LogP contribution is -2.44. The van der Waals surface area contributed by atoms with Crippen molar-refractivity contribution in [2.75, 3.05) is 6.54 Å². The summed E-state index contributed by atoms with van der Waals surface area (Å²) in [5.41, 5.74) is 0. The second-order valence-corrected chi connectivity index (χ2v) is 2.60. The number of nitrogens with zero attached hydrogens (tertiary/aromatic N) is 1.